The van der Waals surface area contributed by atoms with Gasteiger partial charge in [-0.3, -0.25) is 9.69 Å². The van der Waals surface area contributed by atoms with Gasteiger partial charge in [0.2, 0.25) is 0 Å². The molecule has 122 valence electrons. The molecule has 0 radical (unpaired) electrons. The zero-order chi connectivity index (χ0) is 17.0. The molecular weight excluding hydrogens is 306 g/mol. The number of Topliss-reactive ketones (excluding diaryl/α,β-unsaturated/α-hetero) is 1. The third-order valence-electron chi connectivity index (χ3n) is 3.86. The zero-order valence-electron chi connectivity index (χ0n) is 14.3. The minimum Gasteiger partial charge on any atom is -0.295 e. The smallest absolute Gasteiger partial charge is 0.178 e. The summed E-state index contributed by atoms with van der Waals surface area (Å²) in [5.74, 6) is 0.0458. The molecule has 0 bridgehead atoms. The predicted octanol–water partition coefficient (Wildman–Crippen LogP) is 4.95. The fourth-order valence-electron chi connectivity index (χ4n) is 2.50. The first-order chi connectivity index (χ1) is 10.8. The number of hydrogen-bond donors (Lipinski definition) is 0. The van der Waals surface area contributed by atoms with E-state index in [-0.39, 0.29) is 11.2 Å². The van der Waals surface area contributed by atoms with E-state index in [9.17, 15) is 4.79 Å². The van der Waals surface area contributed by atoms with Crippen molar-refractivity contribution in [2.45, 2.75) is 32.7 Å². The van der Waals surface area contributed by atoms with Crippen LogP contribution in [0.25, 0.3) is 0 Å². The van der Waals surface area contributed by atoms with Gasteiger partial charge in [0, 0.05) is 12.1 Å². The van der Waals surface area contributed by atoms with Gasteiger partial charge in [-0.1, -0.05) is 68.8 Å². The molecule has 0 aliphatic heterocycles. The van der Waals surface area contributed by atoms with Crippen molar-refractivity contribution in [1.82, 2.24) is 4.90 Å². The number of carbonyl (C=O) groups is 1. The van der Waals surface area contributed by atoms with E-state index in [0.717, 1.165) is 6.54 Å². The molecule has 0 N–H and O–H groups in total. The molecule has 2 nitrogen and oxygen atoms in total. The van der Waals surface area contributed by atoms with Gasteiger partial charge in [0.1, 0.15) is 0 Å². The number of likely N-dealkylation sites (N-methyl/N-ethyl adjacent to an activating group) is 1. The summed E-state index contributed by atoms with van der Waals surface area (Å²) < 4.78 is 0. The van der Waals surface area contributed by atoms with Crippen LogP contribution in [0.5, 0.6) is 0 Å². The van der Waals surface area contributed by atoms with Gasteiger partial charge in [0.25, 0.3) is 0 Å². The second-order valence-corrected chi connectivity index (χ2v) is 7.43. The van der Waals surface area contributed by atoms with E-state index in [1.54, 1.807) is 12.1 Å². The quantitative estimate of drug-likeness (QED) is 0.723. The first kappa shape index (κ1) is 17.7. The van der Waals surface area contributed by atoms with Crippen LogP contribution in [0, 0.1) is 0 Å². The first-order valence-corrected chi connectivity index (χ1v) is 8.21. The topological polar surface area (TPSA) is 20.3 Å². The highest BCUT2D eigenvalue weighted by Gasteiger charge is 2.14. The minimum absolute atomic E-state index is 0.0458. The second-order valence-electron chi connectivity index (χ2n) is 7.02. The maximum Gasteiger partial charge on any atom is 0.178 e. The maximum absolute atomic E-state index is 12.3. The monoisotopic (exact) mass is 329 g/mol. The average Bonchev–Trinajstić information content (AvgIpc) is 2.47. The lowest BCUT2D eigenvalue weighted by Gasteiger charge is -2.20. The van der Waals surface area contributed by atoms with Crippen molar-refractivity contribution in [3.63, 3.8) is 0 Å². The van der Waals surface area contributed by atoms with E-state index in [1.807, 2.05) is 24.1 Å². The van der Waals surface area contributed by atoms with Gasteiger partial charge in [-0.15, -0.1) is 0 Å². The van der Waals surface area contributed by atoms with Crippen LogP contribution in [-0.2, 0) is 12.0 Å². The van der Waals surface area contributed by atoms with Gasteiger partial charge in [0.15, 0.2) is 5.78 Å². The lowest BCUT2D eigenvalue weighted by molar-refractivity contribution is 0.0943. The van der Waals surface area contributed by atoms with Crippen molar-refractivity contribution in [3.05, 3.63) is 70.2 Å². The summed E-state index contributed by atoms with van der Waals surface area (Å²) in [6.45, 7) is 7.70. The number of carbonyl (C=O) groups excluding carboxylic acids is 1. The Kier molecular flexibility index (Phi) is 5.61. The fourth-order valence-corrected chi connectivity index (χ4v) is 2.74. The Morgan fingerprint density at radius 3 is 2.22 bits per heavy atom. The highest BCUT2D eigenvalue weighted by molar-refractivity contribution is 6.34. The van der Waals surface area contributed by atoms with Gasteiger partial charge in [0.05, 0.1) is 11.6 Å². The maximum atomic E-state index is 12.3. The molecule has 0 saturated heterocycles. The summed E-state index contributed by atoms with van der Waals surface area (Å²) in [5.41, 5.74) is 3.26. The van der Waals surface area contributed by atoms with E-state index in [0.29, 0.717) is 17.1 Å². The standard InChI is InChI=1S/C20H24ClNO/c1-20(2,3)16-11-9-15(10-12-16)13-22(4)14-19(23)17-7-5-6-8-18(17)21/h5-12H,13-14H2,1-4H3. The average molecular weight is 330 g/mol. The van der Waals surface area contributed by atoms with Gasteiger partial charge < -0.3 is 0 Å². The van der Waals surface area contributed by atoms with Crippen LogP contribution in [0.4, 0.5) is 0 Å². The summed E-state index contributed by atoms with van der Waals surface area (Å²) in [4.78, 5) is 14.3. The van der Waals surface area contributed by atoms with Crippen LogP contribution in [0.15, 0.2) is 48.5 Å². The number of hydrogen-bond acceptors (Lipinski definition) is 2. The Labute approximate surface area is 144 Å². The molecule has 0 aliphatic carbocycles. The van der Waals surface area contributed by atoms with Crippen LogP contribution in [0.2, 0.25) is 5.02 Å². The van der Waals surface area contributed by atoms with E-state index >= 15 is 0 Å². The van der Waals surface area contributed by atoms with Crippen molar-refractivity contribution < 1.29 is 4.79 Å². The molecule has 0 atom stereocenters. The SMILES string of the molecule is CN(CC(=O)c1ccccc1Cl)Cc1ccc(C(C)(C)C)cc1. The summed E-state index contributed by atoms with van der Waals surface area (Å²) in [7, 11) is 1.95. The molecule has 23 heavy (non-hydrogen) atoms. The molecule has 0 amide bonds. The number of benzene rings is 2. The van der Waals surface area contributed by atoms with Crippen molar-refractivity contribution in [3.8, 4) is 0 Å². The molecule has 0 fully saturated rings. The van der Waals surface area contributed by atoms with E-state index in [1.165, 1.54) is 11.1 Å². The number of halogens is 1. The third-order valence-corrected chi connectivity index (χ3v) is 4.19. The largest absolute Gasteiger partial charge is 0.295 e. The molecule has 0 spiro atoms. The Hall–Kier alpha value is -1.64. The lowest BCUT2D eigenvalue weighted by atomic mass is 9.87. The molecular formula is C20H24ClNO. The molecule has 0 saturated carbocycles. The highest BCUT2D eigenvalue weighted by atomic mass is 35.5. The van der Waals surface area contributed by atoms with Crippen LogP contribution >= 0.6 is 11.6 Å². The Morgan fingerprint density at radius 2 is 1.65 bits per heavy atom. The van der Waals surface area contributed by atoms with E-state index in [2.05, 4.69) is 45.0 Å². The van der Waals surface area contributed by atoms with E-state index in [4.69, 9.17) is 11.6 Å². The summed E-state index contributed by atoms with van der Waals surface area (Å²) in [6, 6.07) is 15.8. The van der Waals surface area contributed by atoms with Gasteiger partial charge >= 0.3 is 0 Å². The Morgan fingerprint density at radius 1 is 1.04 bits per heavy atom. The highest BCUT2D eigenvalue weighted by Crippen LogP contribution is 2.22. The van der Waals surface area contributed by atoms with Crippen LogP contribution in [0.1, 0.15) is 42.3 Å². The van der Waals surface area contributed by atoms with Crippen molar-refractivity contribution in [2.75, 3.05) is 13.6 Å². The Bertz CT molecular complexity index is 671. The molecule has 3 heteroatoms. The molecule has 2 aromatic carbocycles. The summed E-state index contributed by atoms with van der Waals surface area (Å²) in [6.07, 6.45) is 0. The van der Waals surface area contributed by atoms with Gasteiger partial charge in [-0.05, 0) is 35.7 Å². The molecule has 0 heterocycles. The first-order valence-electron chi connectivity index (χ1n) is 7.83. The molecule has 0 aromatic heterocycles. The van der Waals surface area contributed by atoms with Crippen molar-refractivity contribution in [1.29, 1.82) is 0 Å². The number of ketones is 1. The van der Waals surface area contributed by atoms with Crippen LogP contribution in [-0.4, -0.2) is 24.3 Å². The van der Waals surface area contributed by atoms with Crippen molar-refractivity contribution in [2.24, 2.45) is 0 Å². The summed E-state index contributed by atoms with van der Waals surface area (Å²) >= 11 is 6.08. The molecule has 0 aliphatic rings. The normalized spacial score (nSPS) is 11.7. The van der Waals surface area contributed by atoms with Crippen molar-refractivity contribution >= 4 is 17.4 Å². The van der Waals surface area contributed by atoms with Crippen LogP contribution < -0.4 is 0 Å². The fraction of sp³-hybridized carbons (Fsp3) is 0.350. The van der Waals surface area contributed by atoms with E-state index < -0.39 is 0 Å². The zero-order valence-corrected chi connectivity index (χ0v) is 15.0. The predicted molar refractivity (Wildman–Crippen MR) is 97.3 cm³/mol. The molecule has 0 unspecified atom stereocenters. The van der Waals surface area contributed by atoms with Gasteiger partial charge in [-0.2, -0.15) is 0 Å². The Balaban J connectivity index is 1.98. The molecule has 2 rings (SSSR count). The lowest BCUT2D eigenvalue weighted by Crippen LogP contribution is -2.25. The minimum atomic E-state index is 0.0458. The van der Waals surface area contributed by atoms with Gasteiger partial charge in [-0.25, -0.2) is 0 Å². The summed E-state index contributed by atoms with van der Waals surface area (Å²) in [5, 5.41) is 0.514. The van der Waals surface area contributed by atoms with Crippen LogP contribution in [0.3, 0.4) is 0 Å². The number of rotatable bonds is 5. The molecule has 2 aromatic rings. The number of nitrogens with zero attached hydrogens (tertiary/aromatic N) is 1. The second kappa shape index (κ2) is 7.29. The third kappa shape index (κ3) is 4.92.